The van der Waals surface area contributed by atoms with Crippen LogP contribution in [0.5, 0.6) is 0 Å². The summed E-state index contributed by atoms with van der Waals surface area (Å²) in [5.74, 6) is -0.149. The van der Waals surface area contributed by atoms with E-state index in [4.69, 9.17) is 4.98 Å². The molecule has 37 heavy (non-hydrogen) atoms. The van der Waals surface area contributed by atoms with Gasteiger partial charge in [-0.05, 0) is 49.6 Å². The molecular weight excluding hydrogens is 482 g/mol. The maximum atomic E-state index is 12.0. The van der Waals surface area contributed by atoms with Crippen molar-refractivity contribution in [3.8, 4) is 11.3 Å². The molecule has 0 amide bonds. The number of hydrogen-bond donors (Lipinski definition) is 4. The lowest BCUT2D eigenvalue weighted by molar-refractivity contribution is -0.137. The predicted octanol–water partition coefficient (Wildman–Crippen LogP) is 6.33. The fourth-order valence-corrected chi connectivity index (χ4v) is 5.29. The van der Waals surface area contributed by atoms with E-state index in [0.29, 0.717) is 13.0 Å². The number of carboxylic acid groups (broad SMARTS) is 1. The second-order valence-electron chi connectivity index (χ2n) is 9.29. The van der Waals surface area contributed by atoms with E-state index in [9.17, 15) is 9.90 Å². The minimum absolute atomic E-state index is 0.381. The first-order valence-corrected chi connectivity index (χ1v) is 13.0. The van der Waals surface area contributed by atoms with Gasteiger partial charge in [0.1, 0.15) is 11.0 Å². The van der Waals surface area contributed by atoms with Gasteiger partial charge in [0.25, 0.3) is 0 Å². The summed E-state index contributed by atoms with van der Waals surface area (Å²) in [5.41, 5.74) is 8.93. The molecule has 0 fully saturated rings. The van der Waals surface area contributed by atoms with Crippen LogP contribution >= 0.6 is 11.3 Å². The van der Waals surface area contributed by atoms with Crippen molar-refractivity contribution in [2.45, 2.75) is 39.8 Å². The van der Waals surface area contributed by atoms with Gasteiger partial charge in [0.05, 0.1) is 23.3 Å². The monoisotopic (exact) mass is 511 g/mol. The minimum atomic E-state index is -0.871. The molecule has 1 atom stereocenters. The van der Waals surface area contributed by atoms with Crippen LogP contribution in [-0.2, 0) is 17.8 Å². The number of thiazole rings is 1. The maximum absolute atomic E-state index is 12.0. The molecule has 8 heteroatoms. The van der Waals surface area contributed by atoms with E-state index in [1.807, 2.05) is 74.7 Å². The number of nitrogens with one attached hydrogen (secondary N) is 3. The Hall–Kier alpha value is -4.17. The molecule has 1 unspecified atom stereocenters. The number of benzene rings is 3. The number of aromatic nitrogens is 3. The lowest BCUT2D eigenvalue weighted by atomic mass is 10.0. The summed E-state index contributed by atoms with van der Waals surface area (Å²) in [4.78, 5) is 24.6. The number of carboxylic acids is 1. The second kappa shape index (κ2) is 10.4. The Labute approximate surface area is 219 Å². The van der Waals surface area contributed by atoms with Gasteiger partial charge in [0.15, 0.2) is 0 Å². The Morgan fingerprint density at radius 2 is 1.76 bits per heavy atom. The normalized spacial score (nSPS) is 12.0. The number of hydrogen-bond acceptors (Lipinski definition) is 6. The summed E-state index contributed by atoms with van der Waals surface area (Å²) in [7, 11) is 0. The molecule has 0 saturated heterocycles. The molecule has 2 heterocycles. The number of nitrogens with zero attached hydrogens (tertiary/aromatic N) is 2. The highest BCUT2D eigenvalue weighted by atomic mass is 32.1. The molecule has 0 spiro atoms. The second-order valence-corrected chi connectivity index (χ2v) is 10.2. The van der Waals surface area contributed by atoms with Gasteiger partial charge in [0, 0.05) is 23.1 Å². The van der Waals surface area contributed by atoms with Crippen LogP contribution in [0.1, 0.15) is 27.3 Å². The smallest absolute Gasteiger partial charge is 0.326 e. The molecule has 5 aromatic rings. The topological polar surface area (TPSA) is 103 Å². The molecule has 2 aromatic heterocycles. The van der Waals surface area contributed by atoms with Gasteiger partial charge in [0.2, 0.25) is 5.95 Å². The number of H-pyrrole nitrogens is 1. The van der Waals surface area contributed by atoms with Crippen LogP contribution in [0.25, 0.3) is 22.3 Å². The molecule has 188 valence electrons. The predicted molar refractivity (Wildman–Crippen MR) is 150 cm³/mol. The molecule has 5 rings (SSSR count). The summed E-state index contributed by atoms with van der Waals surface area (Å²) in [6.45, 7) is 6.63. The van der Waals surface area contributed by atoms with E-state index in [1.54, 1.807) is 11.3 Å². The van der Waals surface area contributed by atoms with E-state index < -0.39 is 12.0 Å². The Morgan fingerprint density at radius 1 is 1.03 bits per heavy atom. The van der Waals surface area contributed by atoms with E-state index >= 15 is 0 Å². The number of para-hydroxylation sites is 2. The first-order chi connectivity index (χ1) is 17.9. The fraction of sp³-hybridized carbons (Fsp3) is 0.207. The first-order valence-electron chi connectivity index (χ1n) is 12.2. The maximum Gasteiger partial charge on any atom is 0.326 e. The summed E-state index contributed by atoms with van der Waals surface area (Å²) < 4.78 is 0. The van der Waals surface area contributed by atoms with Crippen molar-refractivity contribution >= 4 is 40.0 Å². The molecule has 0 bridgehead atoms. The molecule has 0 saturated carbocycles. The number of carbonyl (C=O) groups is 1. The van der Waals surface area contributed by atoms with Crippen LogP contribution in [0.15, 0.2) is 66.0 Å². The van der Waals surface area contributed by atoms with Crippen molar-refractivity contribution in [1.29, 1.82) is 0 Å². The lowest BCUT2D eigenvalue weighted by Crippen LogP contribution is -2.32. The highest BCUT2D eigenvalue weighted by Gasteiger charge is 2.20. The molecule has 4 N–H and O–H groups in total. The average Bonchev–Trinajstić information content (AvgIpc) is 3.51. The van der Waals surface area contributed by atoms with Crippen LogP contribution < -0.4 is 10.6 Å². The number of aryl methyl sites for hydroxylation is 3. The molecule has 7 nitrogen and oxygen atoms in total. The Balaban J connectivity index is 1.23. The Kier molecular flexibility index (Phi) is 6.92. The Bertz CT molecular complexity index is 1500. The number of fused-ring (bicyclic) bond motifs is 1. The molecular formula is C29H29N5O2S. The molecule has 0 aliphatic heterocycles. The first kappa shape index (κ1) is 24.5. The van der Waals surface area contributed by atoms with Crippen LogP contribution in [0, 0.1) is 20.8 Å². The summed E-state index contributed by atoms with van der Waals surface area (Å²) in [6.07, 6.45) is 0.381. The van der Waals surface area contributed by atoms with Crippen molar-refractivity contribution in [2.24, 2.45) is 0 Å². The SMILES string of the molecule is Cc1cc(C)c(NC(Cc2ccc(-c3csc(CNc4nc5ccccc5[nH]4)n3)cc2)C(=O)O)c(C)c1. The molecule has 0 radical (unpaired) electrons. The van der Waals surface area contributed by atoms with E-state index in [0.717, 1.165) is 55.6 Å². The minimum Gasteiger partial charge on any atom is -0.480 e. The zero-order valence-electron chi connectivity index (χ0n) is 21.0. The van der Waals surface area contributed by atoms with Gasteiger partial charge in [-0.3, -0.25) is 0 Å². The third-order valence-corrected chi connectivity index (χ3v) is 7.18. The number of rotatable bonds is 9. The van der Waals surface area contributed by atoms with Gasteiger partial charge >= 0.3 is 5.97 Å². The van der Waals surface area contributed by atoms with Crippen LogP contribution in [0.3, 0.4) is 0 Å². The highest BCUT2D eigenvalue weighted by Crippen LogP contribution is 2.26. The number of anilines is 2. The van der Waals surface area contributed by atoms with Crippen molar-refractivity contribution in [1.82, 2.24) is 15.0 Å². The molecule has 3 aromatic carbocycles. The number of aromatic amines is 1. The van der Waals surface area contributed by atoms with Crippen molar-refractivity contribution < 1.29 is 9.90 Å². The quantitative estimate of drug-likeness (QED) is 0.184. The number of aliphatic carboxylic acids is 1. The van der Waals surface area contributed by atoms with Crippen LogP contribution in [0.4, 0.5) is 11.6 Å². The van der Waals surface area contributed by atoms with Gasteiger partial charge in [-0.2, -0.15) is 0 Å². The lowest BCUT2D eigenvalue weighted by Gasteiger charge is -2.20. The number of imidazole rings is 1. The molecule has 0 aliphatic carbocycles. The van der Waals surface area contributed by atoms with E-state index in [1.165, 1.54) is 5.56 Å². The largest absolute Gasteiger partial charge is 0.480 e. The van der Waals surface area contributed by atoms with Crippen LogP contribution in [0.2, 0.25) is 0 Å². The third-order valence-electron chi connectivity index (χ3n) is 6.33. The van der Waals surface area contributed by atoms with E-state index in [2.05, 4.69) is 32.7 Å². The van der Waals surface area contributed by atoms with Crippen molar-refractivity contribution in [3.05, 3.63) is 93.3 Å². The van der Waals surface area contributed by atoms with Crippen molar-refractivity contribution in [2.75, 3.05) is 10.6 Å². The summed E-state index contributed by atoms with van der Waals surface area (Å²) in [6, 6.07) is 19.3. The zero-order valence-corrected chi connectivity index (χ0v) is 21.8. The zero-order chi connectivity index (χ0) is 25.9. The van der Waals surface area contributed by atoms with E-state index in [-0.39, 0.29) is 0 Å². The third kappa shape index (κ3) is 5.65. The van der Waals surface area contributed by atoms with Gasteiger partial charge in [-0.15, -0.1) is 11.3 Å². The van der Waals surface area contributed by atoms with Crippen molar-refractivity contribution in [3.63, 3.8) is 0 Å². The Morgan fingerprint density at radius 3 is 2.46 bits per heavy atom. The molecule has 0 aliphatic rings. The van der Waals surface area contributed by atoms with Gasteiger partial charge in [-0.25, -0.2) is 14.8 Å². The highest BCUT2D eigenvalue weighted by molar-refractivity contribution is 7.10. The summed E-state index contributed by atoms with van der Waals surface area (Å²) in [5, 5.41) is 19.4. The average molecular weight is 512 g/mol. The van der Waals surface area contributed by atoms with Gasteiger partial charge in [-0.1, -0.05) is 54.1 Å². The fourth-order valence-electron chi connectivity index (χ4n) is 4.55. The van der Waals surface area contributed by atoms with Crippen LogP contribution in [-0.4, -0.2) is 32.1 Å². The summed E-state index contributed by atoms with van der Waals surface area (Å²) >= 11 is 1.59. The standard InChI is InChI=1S/C29H29N5O2S/c1-17-12-18(2)27(19(3)13-17)32-24(28(35)36)14-20-8-10-21(11-9-20)25-16-37-26(31-25)15-30-29-33-22-6-4-5-7-23(22)34-29/h4-13,16,24,32H,14-15H2,1-3H3,(H,35,36)(H2,30,33,34). The van der Waals surface area contributed by atoms with Gasteiger partial charge < -0.3 is 20.7 Å².